The van der Waals surface area contributed by atoms with Crippen LogP contribution in [0.5, 0.6) is 0 Å². The van der Waals surface area contributed by atoms with E-state index in [0.29, 0.717) is 21.3 Å². The van der Waals surface area contributed by atoms with E-state index in [4.69, 9.17) is 27.6 Å². The Hall–Kier alpha value is -2.80. The van der Waals surface area contributed by atoms with Gasteiger partial charge in [0.1, 0.15) is 0 Å². The number of oxazole rings is 1. The summed E-state index contributed by atoms with van der Waals surface area (Å²) in [6, 6.07) is 21.7. The number of anilines is 2. The van der Waals surface area contributed by atoms with Crippen LogP contribution in [0.1, 0.15) is 0 Å². The van der Waals surface area contributed by atoms with Crippen LogP contribution in [0.15, 0.2) is 93.2 Å². The van der Waals surface area contributed by atoms with Gasteiger partial charge in [-0.25, -0.2) is 8.42 Å². The van der Waals surface area contributed by atoms with E-state index in [2.05, 4.69) is 10.3 Å². The van der Waals surface area contributed by atoms with Crippen molar-refractivity contribution < 1.29 is 12.8 Å². The van der Waals surface area contributed by atoms with Crippen LogP contribution in [0.2, 0.25) is 10.0 Å². The fourth-order valence-corrected chi connectivity index (χ4v) is 4.31. The zero-order chi connectivity index (χ0) is 20.4. The maximum atomic E-state index is 13.2. The van der Waals surface area contributed by atoms with Crippen molar-refractivity contribution in [1.82, 2.24) is 4.98 Å². The molecule has 0 saturated carbocycles. The molecule has 0 amide bonds. The van der Waals surface area contributed by atoms with E-state index in [-0.39, 0.29) is 21.7 Å². The van der Waals surface area contributed by atoms with E-state index in [9.17, 15) is 8.42 Å². The molecule has 29 heavy (non-hydrogen) atoms. The lowest BCUT2D eigenvalue weighted by molar-refractivity contribution is 0.582. The van der Waals surface area contributed by atoms with E-state index >= 15 is 0 Å². The molecule has 146 valence electrons. The minimum absolute atomic E-state index is 0.00825. The van der Waals surface area contributed by atoms with Crippen molar-refractivity contribution in [3.8, 4) is 11.5 Å². The maximum absolute atomic E-state index is 13.2. The molecule has 1 N–H and O–H groups in total. The maximum Gasteiger partial charge on any atom is 0.238 e. The van der Waals surface area contributed by atoms with Crippen molar-refractivity contribution in [2.75, 3.05) is 5.32 Å². The molecule has 0 aliphatic rings. The average molecular weight is 445 g/mol. The van der Waals surface area contributed by atoms with Gasteiger partial charge in [0, 0.05) is 10.7 Å². The van der Waals surface area contributed by atoms with Crippen molar-refractivity contribution in [3.63, 3.8) is 0 Å². The Morgan fingerprint density at radius 1 is 0.828 bits per heavy atom. The van der Waals surface area contributed by atoms with E-state index in [0.717, 1.165) is 0 Å². The third-order valence-electron chi connectivity index (χ3n) is 4.11. The molecular formula is C21H14Cl2N2O3S. The second kappa shape index (κ2) is 7.91. The number of aromatic nitrogens is 1. The van der Waals surface area contributed by atoms with Gasteiger partial charge in [0.2, 0.25) is 26.6 Å². The highest BCUT2D eigenvalue weighted by atomic mass is 35.5. The first-order valence-corrected chi connectivity index (χ1v) is 10.8. The predicted molar refractivity (Wildman–Crippen MR) is 114 cm³/mol. The van der Waals surface area contributed by atoms with Gasteiger partial charge in [-0.05, 0) is 48.5 Å². The Morgan fingerprint density at radius 2 is 1.48 bits per heavy atom. The Kier molecular flexibility index (Phi) is 5.32. The molecule has 0 spiro atoms. The molecule has 0 aliphatic carbocycles. The van der Waals surface area contributed by atoms with Crippen LogP contribution in [0, 0.1) is 0 Å². The van der Waals surface area contributed by atoms with Gasteiger partial charge in [0.25, 0.3) is 0 Å². The molecule has 1 heterocycles. The van der Waals surface area contributed by atoms with Gasteiger partial charge >= 0.3 is 0 Å². The summed E-state index contributed by atoms with van der Waals surface area (Å²) in [5.74, 6) is 0.0904. The standard InChI is InChI=1S/C21H14Cl2N2O3S/c22-14-10-12-15(13-11-14)24-20-21(29(26,27)16-6-2-1-3-7-16)25-19(28-20)17-8-4-5-9-18(17)23/h1-13,24H. The van der Waals surface area contributed by atoms with Crippen LogP contribution in [0.25, 0.3) is 11.5 Å². The molecule has 0 aliphatic heterocycles. The smallest absolute Gasteiger partial charge is 0.238 e. The number of hydrogen-bond donors (Lipinski definition) is 1. The van der Waals surface area contributed by atoms with Gasteiger partial charge in [-0.15, -0.1) is 0 Å². The summed E-state index contributed by atoms with van der Waals surface area (Å²) in [5.41, 5.74) is 1.09. The Labute approximate surface area is 177 Å². The second-order valence-corrected chi connectivity index (χ2v) is 8.79. The molecule has 5 nitrogen and oxygen atoms in total. The molecule has 3 aromatic carbocycles. The third-order valence-corrected chi connectivity index (χ3v) is 6.37. The largest absolute Gasteiger partial charge is 0.419 e. The lowest BCUT2D eigenvalue weighted by Gasteiger charge is -2.06. The molecule has 0 fully saturated rings. The highest BCUT2D eigenvalue weighted by molar-refractivity contribution is 7.91. The summed E-state index contributed by atoms with van der Waals surface area (Å²) in [4.78, 5) is 4.38. The quantitative estimate of drug-likeness (QED) is 0.395. The van der Waals surface area contributed by atoms with Gasteiger partial charge in [-0.2, -0.15) is 4.98 Å². The van der Waals surface area contributed by atoms with Gasteiger partial charge in [-0.1, -0.05) is 53.5 Å². The van der Waals surface area contributed by atoms with Crippen LogP contribution in [-0.2, 0) is 9.84 Å². The van der Waals surface area contributed by atoms with E-state index in [1.807, 2.05) is 0 Å². The van der Waals surface area contributed by atoms with Gasteiger partial charge in [-0.3, -0.25) is 0 Å². The summed E-state index contributed by atoms with van der Waals surface area (Å²) in [6.45, 7) is 0. The predicted octanol–water partition coefficient (Wildman–Crippen LogP) is 6.22. The summed E-state index contributed by atoms with van der Waals surface area (Å²) >= 11 is 12.2. The van der Waals surface area contributed by atoms with E-state index in [1.54, 1.807) is 66.7 Å². The number of benzene rings is 3. The number of halogens is 2. The Balaban J connectivity index is 1.86. The molecular weight excluding hydrogens is 431 g/mol. The summed E-state index contributed by atoms with van der Waals surface area (Å²) < 4.78 is 32.2. The second-order valence-electron chi connectivity index (χ2n) is 6.08. The minimum atomic E-state index is -3.93. The van der Waals surface area contributed by atoms with Crippen LogP contribution in [-0.4, -0.2) is 13.4 Å². The first-order valence-electron chi connectivity index (χ1n) is 8.53. The van der Waals surface area contributed by atoms with Gasteiger partial charge in [0.05, 0.1) is 15.5 Å². The molecule has 0 bridgehead atoms. The summed E-state index contributed by atoms with van der Waals surface area (Å²) in [6.07, 6.45) is 0. The van der Waals surface area contributed by atoms with Gasteiger partial charge < -0.3 is 9.73 Å². The molecule has 8 heteroatoms. The summed E-state index contributed by atoms with van der Waals surface area (Å²) in [5, 5.41) is 3.70. The fraction of sp³-hybridized carbons (Fsp3) is 0. The third kappa shape index (κ3) is 4.00. The van der Waals surface area contributed by atoms with Gasteiger partial charge in [0.15, 0.2) is 0 Å². The van der Waals surface area contributed by atoms with Crippen molar-refractivity contribution in [1.29, 1.82) is 0 Å². The molecule has 0 unspecified atom stereocenters. The first-order chi connectivity index (χ1) is 13.9. The molecule has 0 saturated heterocycles. The number of nitrogens with one attached hydrogen (secondary N) is 1. The van der Waals surface area contributed by atoms with Crippen molar-refractivity contribution in [3.05, 3.63) is 88.9 Å². The Morgan fingerprint density at radius 3 is 2.17 bits per heavy atom. The van der Waals surface area contributed by atoms with Crippen molar-refractivity contribution >= 4 is 44.6 Å². The van der Waals surface area contributed by atoms with Crippen LogP contribution in [0.4, 0.5) is 11.6 Å². The van der Waals surface area contributed by atoms with Crippen LogP contribution >= 0.6 is 23.2 Å². The zero-order valence-corrected chi connectivity index (χ0v) is 17.2. The number of nitrogens with zero attached hydrogens (tertiary/aromatic N) is 1. The monoisotopic (exact) mass is 444 g/mol. The fourth-order valence-electron chi connectivity index (χ4n) is 2.69. The lowest BCUT2D eigenvalue weighted by Crippen LogP contribution is -2.05. The van der Waals surface area contributed by atoms with E-state index < -0.39 is 9.84 Å². The highest BCUT2D eigenvalue weighted by Crippen LogP contribution is 2.36. The van der Waals surface area contributed by atoms with Crippen molar-refractivity contribution in [2.24, 2.45) is 0 Å². The SMILES string of the molecule is O=S(=O)(c1ccccc1)c1nc(-c2ccccc2Cl)oc1Nc1ccc(Cl)cc1. The molecule has 0 atom stereocenters. The van der Waals surface area contributed by atoms with E-state index in [1.165, 1.54) is 12.1 Å². The number of rotatable bonds is 5. The van der Waals surface area contributed by atoms with Crippen LogP contribution < -0.4 is 5.32 Å². The first kappa shape index (κ1) is 19.5. The number of sulfone groups is 1. The average Bonchev–Trinajstić information content (AvgIpc) is 3.15. The lowest BCUT2D eigenvalue weighted by atomic mass is 10.2. The molecule has 4 aromatic rings. The molecule has 4 rings (SSSR count). The Bertz CT molecular complexity index is 1250. The zero-order valence-electron chi connectivity index (χ0n) is 14.8. The minimum Gasteiger partial charge on any atom is -0.419 e. The molecule has 0 radical (unpaired) electrons. The van der Waals surface area contributed by atoms with Crippen molar-refractivity contribution in [2.45, 2.75) is 9.92 Å². The number of hydrogen-bond acceptors (Lipinski definition) is 5. The highest BCUT2D eigenvalue weighted by Gasteiger charge is 2.29. The van der Waals surface area contributed by atoms with Crippen LogP contribution in [0.3, 0.4) is 0 Å². The molecule has 1 aromatic heterocycles. The topological polar surface area (TPSA) is 72.2 Å². The summed E-state index contributed by atoms with van der Waals surface area (Å²) in [7, 11) is -3.93. The normalized spacial score (nSPS) is 11.4.